The highest BCUT2D eigenvalue weighted by Gasteiger charge is 2.07. The number of nitrogens with zero attached hydrogens (tertiary/aromatic N) is 3. The molecule has 0 unspecified atom stereocenters. The third-order valence-electron chi connectivity index (χ3n) is 2.83. The van der Waals surface area contributed by atoms with E-state index in [0.29, 0.717) is 5.82 Å². The molecule has 0 atom stereocenters. The summed E-state index contributed by atoms with van der Waals surface area (Å²) in [6.45, 7) is 0. The van der Waals surface area contributed by atoms with E-state index >= 15 is 0 Å². The fourth-order valence-electron chi connectivity index (χ4n) is 1.87. The van der Waals surface area contributed by atoms with Crippen LogP contribution in [0.1, 0.15) is 0 Å². The summed E-state index contributed by atoms with van der Waals surface area (Å²) in [6.07, 6.45) is 5.38. The summed E-state index contributed by atoms with van der Waals surface area (Å²) in [7, 11) is 0. The molecule has 94 valence electrons. The Hall–Kier alpha value is -1.89. The van der Waals surface area contributed by atoms with Gasteiger partial charge in [-0.2, -0.15) is 0 Å². The predicted molar refractivity (Wildman–Crippen MR) is 83.9 cm³/mol. The van der Waals surface area contributed by atoms with Crippen molar-refractivity contribution in [1.82, 2.24) is 14.5 Å². The molecule has 0 saturated carbocycles. The lowest BCUT2D eigenvalue weighted by atomic mass is 10.2. The van der Waals surface area contributed by atoms with Gasteiger partial charge in [0, 0.05) is 21.0 Å². The van der Waals surface area contributed by atoms with Crippen LogP contribution in [0.5, 0.6) is 0 Å². The fraction of sp³-hybridized carbons (Fsp3) is 0. The number of benzene rings is 1. The van der Waals surface area contributed by atoms with Crippen LogP contribution in [0.15, 0.2) is 55.1 Å². The van der Waals surface area contributed by atoms with Gasteiger partial charge in [0.1, 0.15) is 5.82 Å². The maximum atomic E-state index is 5.61. The van der Waals surface area contributed by atoms with Crippen LogP contribution < -0.4 is 5.73 Å². The summed E-state index contributed by atoms with van der Waals surface area (Å²) in [5.41, 5.74) is 8.67. The Morgan fingerprint density at radius 3 is 2.47 bits per heavy atom. The average molecular weight is 362 g/mol. The summed E-state index contributed by atoms with van der Waals surface area (Å²) >= 11 is 2.29. The number of imidazole rings is 1. The van der Waals surface area contributed by atoms with Crippen molar-refractivity contribution >= 4 is 28.4 Å². The first kappa shape index (κ1) is 12.2. The molecule has 0 radical (unpaired) electrons. The van der Waals surface area contributed by atoms with Gasteiger partial charge in [-0.05, 0) is 59.0 Å². The molecule has 0 saturated heterocycles. The Balaban J connectivity index is 2.07. The predicted octanol–water partition coefficient (Wildman–Crippen LogP) is 3.12. The molecule has 0 amide bonds. The first-order valence-corrected chi connectivity index (χ1v) is 6.82. The molecule has 1 aromatic carbocycles. The van der Waals surface area contributed by atoms with Gasteiger partial charge in [0.25, 0.3) is 0 Å². The Morgan fingerprint density at radius 1 is 1.00 bits per heavy atom. The number of rotatable bonds is 2. The third-order valence-corrected chi connectivity index (χ3v) is 3.54. The quantitative estimate of drug-likeness (QED) is 0.713. The zero-order chi connectivity index (χ0) is 13.2. The molecule has 3 aromatic rings. The van der Waals surface area contributed by atoms with Gasteiger partial charge in [0.05, 0.1) is 18.2 Å². The molecule has 0 spiro atoms. The Bertz CT molecular complexity index is 626. The Morgan fingerprint density at radius 2 is 1.79 bits per heavy atom. The van der Waals surface area contributed by atoms with Crippen LogP contribution in [-0.4, -0.2) is 14.5 Å². The summed E-state index contributed by atoms with van der Waals surface area (Å²) in [4.78, 5) is 8.34. The van der Waals surface area contributed by atoms with Crippen LogP contribution in [0.2, 0.25) is 0 Å². The van der Waals surface area contributed by atoms with Crippen molar-refractivity contribution in [3.8, 4) is 16.9 Å². The van der Waals surface area contributed by atoms with Gasteiger partial charge in [-0.25, -0.2) is 9.97 Å². The van der Waals surface area contributed by atoms with E-state index in [9.17, 15) is 0 Å². The first-order valence-electron chi connectivity index (χ1n) is 5.74. The molecular formula is C14H11IN4. The molecule has 2 heterocycles. The molecule has 5 heteroatoms. The fourth-order valence-corrected chi connectivity index (χ4v) is 2.23. The van der Waals surface area contributed by atoms with E-state index in [-0.39, 0.29) is 0 Å². The number of nitrogen functional groups attached to an aromatic ring is 1. The van der Waals surface area contributed by atoms with Gasteiger partial charge < -0.3 is 5.73 Å². The summed E-state index contributed by atoms with van der Waals surface area (Å²) in [5.74, 6) is 0.518. The highest BCUT2D eigenvalue weighted by atomic mass is 127. The van der Waals surface area contributed by atoms with E-state index in [2.05, 4.69) is 56.8 Å². The molecule has 2 N–H and O–H groups in total. The molecule has 0 bridgehead atoms. The summed E-state index contributed by atoms with van der Waals surface area (Å²) in [6, 6.07) is 12.0. The van der Waals surface area contributed by atoms with Crippen molar-refractivity contribution in [1.29, 1.82) is 0 Å². The molecule has 19 heavy (non-hydrogen) atoms. The zero-order valence-corrected chi connectivity index (χ0v) is 12.2. The topological polar surface area (TPSA) is 56.7 Å². The number of hydrogen-bond donors (Lipinski definition) is 1. The lowest BCUT2D eigenvalue weighted by Gasteiger charge is -2.08. The van der Waals surface area contributed by atoms with Gasteiger partial charge in [-0.3, -0.25) is 4.57 Å². The van der Waals surface area contributed by atoms with Crippen molar-refractivity contribution < 1.29 is 0 Å². The SMILES string of the molecule is Nc1ccc(-c2cncn2-c2ccc(I)cc2)cn1. The second-order valence-corrected chi connectivity index (χ2v) is 5.34. The highest BCUT2D eigenvalue weighted by Crippen LogP contribution is 2.22. The zero-order valence-electron chi connectivity index (χ0n) is 9.99. The molecule has 0 aliphatic heterocycles. The average Bonchev–Trinajstić information content (AvgIpc) is 2.90. The lowest BCUT2D eigenvalue weighted by molar-refractivity contribution is 1.06. The van der Waals surface area contributed by atoms with Crippen molar-refractivity contribution in [3.63, 3.8) is 0 Å². The Labute approximate surface area is 124 Å². The lowest BCUT2D eigenvalue weighted by Crippen LogP contribution is -1.96. The van der Waals surface area contributed by atoms with Crippen LogP contribution >= 0.6 is 22.6 Å². The van der Waals surface area contributed by atoms with E-state index in [4.69, 9.17) is 5.73 Å². The molecule has 2 aromatic heterocycles. The van der Waals surface area contributed by atoms with Crippen LogP contribution in [0, 0.1) is 3.57 Å². The van der Waals surface area contributed by atoms with Gasteiger partial charge in [0.15, 0.2) is 0 Å². The second kappa shape index (κ2) is 5.00. The van der Waals surface area contributed by atoms with E-state index in [1.165, 1.54) is 3.57 Å². The number of pyridine rings is 1. The minimum atomic E-state index is 0.518. The first-order chi connectivity index (χ1) is 9.24. The molecule has 0 fully saturated rings. The van der Waals surface area contributed by atoms with E-state index in [0.717, 1.165) is 16.9 Å². The van der Waals surface area contributed by atoms with Gasteiger partial charge in [0.2, 0.25) is 0 Å². The number of hydrogen-bond acceptors (Lipinski definition) is 3. The smallest absolute Gasteiger partial charge is 0.123 e. The molecular weight excluding hydrogens is 351 g/mol. The molecule has 0 aliphatic carbocycles. The van der Waals surface area contributed by atoms with Crippen LogP contribution in [-0.2, 0) is 0 Å². The molecule has 3 rings (SSSR count). The maximum Gasteiger partial charge on any atom is 0.123 e. The van der Waals surface area contributed by atoms with Gasteiger partial charge in [-0.1, -0.05) is 0 Å². The second-order valence-electron chi connectivity index (χ2n) is 4.10. The number of aromatic nitrogens is 3. The van der Waals surface area contributed by atoms with E-state index in [1.807, 2.05) is 16.8 Å². The normalized spacial score (nSPS) is 10.6. The minimum absolute atomic E-state index is 0.518. The van der Waals surface area contributed by atoms with Crippen molar-refractivity contribution in [2.45, 2.75) is 0 Å². The van der Waals surface area contributed by atoms with Crippen LogP contribution in [0.4, 0.5) is 5.82 Å². The largest absolute Gasteiger partial charge is 0.384 e. The maximum absolute atomic E-state index is 5.61. The van der Waals surface area contributed by atoms with Crippen molar-refractivity contribution in [2.75, 3.05) is 5.73 Å². The van der Waals surface area contributed by atoms with Gasteiger partial charge >= 0.3 is 0 Å². The van der Waals surface area contributed by atoms with Gasteiger partial charge in [-0.15, -0.1) is 0 Å². The van der Waals surface area contributed by atoms with Crippen LogP contribution in [0.25, 0.3) is 16.9 Å². The summed E-state index contributed by atoms with van der Waals surface area (Å²) < 4.78 is 3.24. The van der Waals surface area contributed by atoms with Crippen molar-refractivity contribution in [2.24, 2.45) is 0 Å². The molecule has 0 aliphatic rings. The van der Waals surface area contributed by atoms with E-state index < -0.39 is 0 Å². The van der Waals surface area contributed by atoms with Crippen LogP contribution in [0.3, 0.4) is 0 Å². The molecule has 4 nitrogen and oxygen atoms in total. The number of anilines is 1. The van der Waals surface area contributed by atoms with Crippen molar-refractivity contribution in [3.05, 3.63) is 58.7 Å². The standard InChI is InChI=1S/C14H11IN4/c15-11-2-4-12(5-3-11)19-9-17-8-13(19)10-1-6-14(16)18-7-10/h1-9H,(H2,16,18). The minimum Gasteiger partial charge on any atom is -0.384 e. The summed E-state index contributed by atoms with van der Waals surface area (Å²) in [5, 5.41) is 0. The number of nitrogens with two attached hydrogens (primary N) is 1. The third kappa shape index (κ3) is 2.46. The monoisotopic (exact) mass is 362 g/mol. The highest BCUT2D eigenvalue weighted by molar-refractivity contribution is 14.1. The Kier molecular flexibility index (Phi) is 3.20. The number of halogens is 1. The van der Waals surface area contributed by atoms with E-state index in [1.54, 1.807) is 18.6 Å².